The summed E-state index contributed by atoms with van der Waals surface area (Å²) < 4.78 is 5.14. The summed E-state index contributed by atoms with van der Waals surface area (Å²) in [4.78, 5) is 37.6. The first-order valence-corrected chi connectivity index (χ1v) is 8.18. The topological polar surface area (TPSA) is 112 Å². The molecule has 1 aromatic carbocycles. The summed E-state index contributed by atoms with van der Waals surface area (Å²) in [7, 11) is 0. The number of amides is 4. The molecule has 136 valence electrons. The summed E-state index contributed by atoms with van der Waals surface area (Å²) in [5.74, 6) is -0.448. The molecule has 3 rings (SSSR count). The minimum atomic E-state index is -0.937. The number of aliphatic hydroxyl groups excluding tert-OH is 1. The molecule has 8 heteroatoms. The summed E-state index contributed by atoms with van der Waals surface area (Å²) in [6, 6.07) is 10.3. The number of benzene rings is 1. The van der Waals surface area contributed by atoms with Crippen molar-refractivity contribution in [2.45, 2.75) is 25.0 Å². The molecule has 2 aromatic rings. The molecule has 0 unspecified atom stereocenters. The van der Waals surface area contributed by atoms with Crippen molar-refractivity contribution >= 4 is 17.8 Å². The van der Waals surface area contributed by atoms with Crippen LogP contribution in [-0.4, -0.2) is 40.5 Å². The van der Waals surface area contributed by atoms with E-state index in [0.717, 1.165) is 10.5 Å². The fourth-order valence-electron chi connectivity index (χ4n) is 2.78. The van der Waals surface area contributed by atoms with Crippen LogP contribution in [0.15, 0.2) is 53.1 Å². The average molecular weight is 357 g/mol. The van der Waals surface area contributed by atoms with Gasteiger partial charge in [0.25, 0.3) is 5.91 Å². The van der Waals surface area contributed by atoms with Gasteiger partial charge in [0.2, 0.25) is 5.91 Å². The summed E-state index contributed by atoms with van der Waals surface area (Å²) >= 11 is 0. The van der Waals surface area contributed by atoms with Gasteiger partial charge >= 0.3 is 6.03 Å². The number of carbonyl (C=O) groups is 3. The Labute approximate surface area is 149 Å². The molecule has 1 fully saturated rings. The molecule has 8 nitrogen and oxygen atoms in total. The smallest absolute Gasteiger partial charge is 0.325 e. The zero-order chi connectivity index (χ0) is 18.5. The van der Waals surface area contributed by atoms with Crippen molar-refractivity contribution in [1.29, 1.82) is 0 Å². The molecule has 1 saturated heterocycles. The van der Waals surface area contributed by atoms with Gasteiger partial charge in [-0.25, -0.2) is 4.79 Å². The Morgan fingerprint density at radius 1 is 1.23 bits per heavy atom. The number of hydrogen-bond acceptors (Lipinski definition) is 5. The second-order valence-corrected chi connectivity index (χ2v) is 5.92. The fraction of sp³-hybridized carbons (Fsp3) is 0.278. The van der Waals surface area contributed by atoms with E-state index in [9.17, 15) is 19.5 Å². The Morgan fingerprint density at radius 2 is 2.00 bits per heavy atom. The second kappa shape index (κ2) is 7.83. The number of carbonyl (C=O) groups excluding carboxylic acids is 3. The molecule has 0 spiro atoms. The molecule has 1 aliphatic heterocycles. The molecule has 0 aliphatic carbocycles. The molecule has 1 aromatic heterocycles. The third-order valence-corrected chi connectivity index (χ3v) is 4.11. The number of aliphatic hydroxyl groups is 1. The quantitative estimate of drug-likeness (QED) is 0.639. The minimum Gasteiger partial charge on any atom is -0.467 e. The van der Waals surface area contributed by atoms with E-state index in [2.05, 4.69) is 10.6 Å². The number of urea groups is 1. The highest BCUT2D eigenvalue weighted by Crippen LogP contribution is 2.16. The van der Waals surface area contributed by atoms with Crippen LogP contribution >= 0.6 is 0 Å². The van der Waals surface area contributed by atoms with Crippen LogP contribution in [0.1, 0.15) is 23.8 Å². The molecular weight excluding hydrogens is 338 g/mol. The van der Waals surface area contributed by atoms with Crippen molar-refractivity contribution in [3.8, 4) is 0 Å². The van der Waals surface area contributed by atoms with Crippen LogP contribution in [0, 0.1) is 0 Å². The maximum atomic E-state index is 12.4. The van der Waals surface area contributed by atoms with Gasteiger partial charge < -0.3 is 20.2 Å². The maximum absolute atomic E-state index is 12.4. The normalized spacial score (nSPS) is 17.9. The molecule has 3 N–H and O–H groups in total. The summed E-state index contributed by atoms with van der Waals surface area (Å²) in [6.45, 7) is -0.260. The standard InChI is InChI=1S/C18H19N3O5/c22-11-15(12-5-2-1-3-6-12)19-16(23)9-14-17(24)21(18(25)20-14)10-13-7-4-8-26-13/h1-8,14-15,22H,9-11H2,(H,19,23)(H,20,25)/t14-,15+/m1/s1. The van der Waals surface area contributed by atoms with Crippen LogP contribution in [0.25, 0.3) is 0 Å². The Balaban J connectivity index is 1.59. The fourth-order valence-corrected chi connectivity index (χ4v) is 2.78. The Kier molecular flexibility index (Phi) is 5.33. The molecule has 0 radical (unpaired) electrons. The van der Waals surface area contributed by atoms with E-state index in [1.807, 2.05) is 6.07 Å². The summed E-state index contributed by atoms with van der Waals surface area (Å²) in [6.07, 6.45) is 1.25. The van der Waals surface area contributed by atoms with Gasteiger partial charge in [-0.15, -0.1) is 0 Å². The van der Waals surface area contributed by atoms with Crippen molar-refractivity contribution in [2.24, 2.45) is 0 Å². The van der Waals surface area contributed by atoms with Gasteiger partial charge in [0.15, 0.2) is 0 Å². The molecule has 2 heterocycles. The van der Waals surface area contributed by atoms with Gasteiger partial charge in [-0.1, -0.05) is 30.3 Å². The Hall–Kier alpha value is -3.13. The van der Waals surface area contributed by atoms with Crippen LogP contribution in [0.5, 0.6) is 0 Å². The lowest BCUT2D eigenvalue weighted by atomic mass is 10.1. The van der Waals surface area contributed by atoms with Gasteiger partial charge in [0, 0.05) is 0 Å². The van der Waals surface area contributed by atoms with E-state index in [4.69, 9.17) is 4.42 Å². The molecule has 0 saturated carbocycles. The number of hydrogen-bond donors (Lipinski definition) is 3. The lowest BCUT2D eigenvalue weighted by Gasteiger charge is -2.17. The number of nitrogens with zero attached hydrogens (tertiary/aromatic N) is 1. The van der Waals surface area contributed by atoms with Crippen LogP contribution in [0.4, 0.5) is 4.79 Å². The zero-order valence-electron chi connectivity index (χ0n) is 13.9. The van der Waals surface area contributed by atoms with E-state index >= 15 is 0 Å². The maximum Gasteiger partial charge on any atom is 0.325 e. The molecule has 0 bridgehead atoms. The van der Waals surface area contributed by atoms with Crippen LogP contribution in [0.2, 0.25) is 0 Å². The predicted molar refractivity (Wildman–Crippen MR) is 90.6 cm³/mol. The SMILES string of the molecule is O=C(C[C@H]1NC(=O)N(Cc2ccco2)C1=O)N[C@@H](CO)c1ccccc1. The first-order chi connectivity index (χ1) is 12.6. The lowest BCUT2D eigenvalue weighted by molar-refractivity contribution is -0.131. The minimum absolute atomic E-state index is 0.0130. The average Bonchev–Trinajstić information content (AvgIpc) is 3.25. The largest absolute Gasteiger partial charge is 0.467 e. The molecule has 4 amide bonds. The third-order valence-electron chi connectivity index (χ3n) is 4.11. The second-order valence-electron chi connectivity index (χ2n) is 5.92. The van der Waals surface area contributed by atoms with E-state index in [0.29, 0.717) is 5.76 Å². The molecule has 1 aliphatic rings. The van der Waals surface area contributed by atoms with Crippen molar-refractivity contribution in [1.82, 2.24) is 15.5 Å². The van der Waals surface area contributed by atoms with Crippen molar-refractivity contribution in [3.63, 3.8) is 0 Å². The first kappa shape index (κ1) is 17.7. The number of nitrogens with one attached hydrogen (secondary N) is 2. The number of rotatable bonds is 7. The Bertz CT molecular complexity index is 775. The van der Waals surface area contributed by atoms with E-state index < -0.39 is 29.9 Å². The first-order valence-electron chi connectivity index (χ1n) is 8.18. The van der Waals surface area contributed by atoms with Crippen LogP contribution < -0.4 is 10.6 Å². The van der Waals surface area contributed by atoms with Gasteiger partial charge in [-0.05, 0) is 17.7 Å². The van der Waals surface area contributed by atoms with E-state index in [1.165, 1.54) is 6.26 Å². The van der Waals surface area contributed by atoms with Gasteiger partial charge in [-0.2, -0.15) is 0 Å². The molecular formula is C18H19N3O5. The lowest BCUT2D eigenvalue weighted by Crippen LogP contribution is -2.38. The van der Waals surface area contributed by atoms with Gasteiger partial charge in [0.05, 0.1) is 31.9 Å². The van der Waals surface area contributed by atoms with Gasteiger partial charge in [-0.3, -0.25) is 14.5 Å². The summed E-state index contributed by atoms with van der Waals surface area (Å²) in [5.41, 5.74) is 0.754. The van der Waals surface area contributed by atoms with Crippen molar-refractivity contribution < 1.29 is 23.9 Å². The molecule has 26 heavy (non-hydrogen) atoms. The van der Waals surface area contributed by atoms with Crippen LogP contribution in [0.3, 0.4) is 0 Å². The van der Waals surface area contributed by atoms with Crippen molar-refractivity contribution in [3.05, 3.63) is 60.1 Å². The zero-order valence-corrected chi connectivity index (χ0v) is 13.9. The monoisotopic (exact) mass is 357 g/mol. The van der Waals surface area contributed by atoms with Crippen LogP contribution in [-0.2, 0) is 16.1 Å². The highest BCUT2D eigenvalue weighted by molar-refractivity contribution is 6.05. The van der Waals surface area contributed by atoms with E-state index in [-0.39, 0.29) is 19.6 Å². The summed E-state index contributed by atoms with van der Waals surface area (Å²) in [5, 5.41) is 14.7. The highest BCUT2D eigenvalue weighted by Gasteiger charge is 2.39. The third kappa shape index (κ3) is 3.92. The predicted octanol–water partition coefficient (Wildman–Crippen LogP) is 0.940. The van der Waals surface area contributed by atoms with E-state index in [1.54, 1.807) is 36.4 Å². The van der Waals surface area contributed by atoms with Crippen molar-refractivity contribution in [2.75, 3.05) is 6.61 Å². The number of furan rings is 1. The molecule has 2 atom stereocenters. The van der Waals surface area contributed by atoms with Gasteiger partial charge in [0.1, 0.15) is 11.8 Å². The Morgan fingerprint density at radius 3 is 2.65 bits per heavy atom. The highest BCUT2D eigenvalue weighted by atomic mass is 16.3. The number of imide groups is 1.